The van der Waals surface area contributed by atoms with Gasteiger partial charge >= 0.3 is 5.97 Å². The minimum atomic E-state index is -3.43. The van der Waals surface area contributed by atoms with Gasteiger partial charge in [0.05, 0.1) is 24.5 Å². The molecule has 7 heteroatoms. The fourth-order valence-electron chi connectivity index (χ4n) is 1.01. The molecular formula is C9H17NO5S. The highest BCUT2D eigenvalue weighted by Gasteiger charge is 2.24. The molecule has 0 fully saturated rings. The second-order valence-electron chi connectivity index (χ2n) is 3.38. The fraction of sp³-hybridized carbons (Fsp3) is 0.778. The molecule has 0 aromatic heterocycles. The Bertz CT molecular complexity index is 349. The van der Waals surface area contributed by atoms with E-state index >= 15 is 0 Å². The zero-order chi connectivity index (χ0) is 12.8. The van der Waals surface area contributed by atoms with Crippen LogP contribution in [0.4, 0.5) is 0 Å². The molecule has 0 aliphatic rings. The number of esters is 1. The molecule has 1 amide bonds. The van der Waals surface area contributed by atoms with Gasteiger partial charge in [-0.05, 0) is 6.92 Å². The number of sulfone groups is 1. The lowest BCUT2D eigenvalue weighted by atomic mass is 10.3. The van der Waals surface area contributed by atoms with Crippen molar-refractivity contribution in [1.29, 1.82) is 0 Å². The lowest BCUT2D eigenvalue weighted by molar-refractivity contribution is -0.140. The van der Waals surface area contributed by atoms with Gasteiger partial charge in [0.15, 0.2) is 9.84 Å². The van der Waals surface area contributed by atoms with Crippen molar-refractivity contribution in [3.8, 4) is 0 Å². The number of nitrogens with one attached hydrogen (secondary N) is 1. The van der Waals surface area contributed by atoms with Crippen molar-refractivity contribution in [2.24, 2.45) is 0 Å². The molecule has 1 atom stereocenters. The van der Waals surface area contributed by atoms with Gasteiger partial charge in [0.1, 0.15) is 0 Å². The van der Waals surface area contributed by atoms with E-state index in [4.69, 9.17) is 0 Å². The molecule has 0 spiro atoms. The first-order valence-electron chi connectivity index (χ1n) is 4.82. The largest absolute Gasteiger partial charge is 0.469 e. The molecule has 0 aliphatic heterocycles. The Labute approximate surface area is 95.3 Å². The minimum absolute atomic E-state index is 0.0929. The van der Waals surface area contributed by atoms with E-state index in [1.807, 2.05) is 0 Å². The summed E-state index contributed by atoms with van der Waals surface area (Å²) in [7, 11) is -0.794. The third-order valence-corrected chi connectivity index (χ3v) is 4.35. The van der Waals surface area contributed by atoms with E-state index in [-0.39, 0.29) is 24.5 Å². The van der Waals surface area contributed by atoms with Gasteiger partial charge in [0, 0.05) is 13.5 Å². The molecule has 0 aromatic carbocycles. The molecule has 0 heterocycles. The van der Waals surface area contributed by atoms with Crippen LogP contribution >= 0.6 is 0 Å². The molecule has 16 heavy (non-hydrogen) atoms. The Balaban J connectivity index is 4.32. The van der Waals surface area contributed by atoms with Crippen LogP contribution in [0.15, 0.2) is 0 Å². The van der Waals surface area contributed by atoms with Gasteiger partial charge in [-0.25, -0.2) is 8.42 Å². The van der Waals surface area contributed by atoms with Crippen molar-refractivity contribution in [1.82, 2.24) is 5.32 Å². The molecule has 0 aromatic rings. The maximum absolute atomic E-state index is 11.6. The number of amides is 1. The number of rotatable bonds is 6. The molecular weight excluding hydrogens is 234 g/mol. The Kier molecular flexibility index (Phi) is 6.02. The zero-order valence-corrected chi connectivity index (χ0v) is 10.5. The van der Waals surface area contributed by atoms with Crippen molar-refractivity contribution in [3.63, 3.8) is 0 Å². The van der Waals surface area contributed by atoms with Crippen molar-refractivity contribution in [2.75, 3.05) is 19.9 Å². The molecule has 0 bridgehead atoms. The molecule has 0 aliphatic carbocycles. The highest BCUT2D eigenvalue weighted by atomic mass is 32.2. The second-order valence-corrected chi connectivity index (χ2v) is 5.92. The summed E-state index contributed by atoms with van der Waals surface area (Å²) in [6.45, 7) is 1.43. The Morgan fingerprint density at radius 1 is 1.38 bits per heavy atom. The highest BCUT2D eigenvalue weighted by molar-refractivity contribution is 7.92. The van der Waals surface area contributed by atoms with Crippen LogP contribution in [0, 0.1) is 0 Å². The van der Waals surface area contributed by atoms with Crippen LogP contribution in [0.2, 0.25) is 0 Å². The van der Waals surface area contributed by atoms with Crippen molar-refractivity contribution in [3.05, 3.63) is 0 Å². The van der Waals surface area contributed by atoms with E-state index in [0.29, 0.717) is 0 Å². The van der Waals surface area contributed by atoms with E-state index in [1.165, 1.54) is 21.1 Å². The van der Waals surface area contributed by atoms with E-state index in [2.05, 4.69) is 10.1 Å². The standard InChI is InChI=1S/C9H17NO5S/c1-7(6-9(12)15-3)16(13,14)5-4-8(11)10-2/h7H,4-6H2,1-3H3,(H,10,11). The summed E-state index contributed by atoms with van der Waals surface area (Å²) in [5.41, 5.74) is 0. The Morgan fingerprint density at radius 3 is 2.38 bits per heavy atom. The van der Waals surface area contributed by atoms with Crippen LogP contribution in [0.25, 0.3) is 0 Å². The summed E-state index contributed by atoms with van der Waals surface area (Å²) in [5.74, 6) is -1.17. The second kappa shape index (κ2) is 6.47. The summed E-state index contributed by atoms with van der Waals surface area (Å²) >= 11 is 0. The van der Waals surface area contributed by atoms with Gasteiger partial charge in [-0.1, -0.05) is 0 Å². The molecule has 0 rings (SSSR count). The van der Waals surface area contributed by atoms with E-state index in [0.717, 1.165) is 0 Å². The molecule has 0 radical (unpaired) electrons. The maximum Gasteiger partial charge on any atom is 0.306 e. The van der Waals surface area contributed by atoms with Crippen molar-refractivity contribution >= 4 is 21.7 Å². The topological polar surface area (TPSA) is 89.5 Å². The average molecular weight is 251 g/mol. The van der Waals surface area contributed by atoms with Gasteiger partial charge in [-0.15, -0.1) is 0 Å². The third kappa shape index (κ3) is 5.11. The zero-order valence-electron chi connectivity index (χ0n) is 9.65. The quantitative estimate of drug-likeness (QED) is 0.642. The number of carbonyl (C=O) groups excluding carboxylic acids is 2. The van der Waals surface area contributed by atoms with E-state index in [9.17, 15) is 18.0 Å². The van der Waals surface area contributed by atoms with Crippen LogP contribution < -0.4 is 5.32 Å². The van der Waals surface area contributed by atoms with Gasteiger partial charge in [0.25, 0.3) is 0 Å². The molecule has 0 saturated heterocycles. The lowest BCUT2D eigenvalue weighted by Gasteiger charge is -2.10. The van der Waals surface area contributed by atoms with Crippen LogP contribution in [0.3, 0.4) is 0 Å². The normalized spacial score (nSPS) is 12.9. The summed E-state index contributed by atoms with van der Waals surface area (Å²) in [6, 6.07) is 0. The minimum Gasteiger partial charge on any atom is -0.469 e. The maximum atomic E-state index is 11.6. The smallest absolute Gasteiger partial charge is 0.306 e. The monoisotopic (exact) mass is 251 g/mol. The summed E-state index contributed by atoms with van der Waals surface area (Å²) in [6.07, 6.45) is -0.281. The molecule has 1 unspecified atom stereocenters. The van der Waals surface area contributed by atoms with Crippen LogP contribution in [-0.2, 0) is 24.2 Å². The van der Waals surface area contributed by atoms with Crippen molar-refractivity contribution < 1.29 is 22.7 Å². The van der Waals surface area contributed by atoms with E-state index in [1.54, 1.807) is 0 Å². The first kappa shape index (κ1) is 14.9. The summed E-state index contributed by atoms with van der Waals surface area (Å²) < 4.78 is 27.6. The molecule has 0 saturated carbocycles. The van der Waals surface area contributed by atoms with Crippen molar-refractivity contribution in [2.45, 2.75) is 25.0 Å². The van der Waals surface area contributed by atoms with Gasteiger partial charge in [-0.2, -0.15) is 0 Å². The van der Waals surface area contributed by atoms with Gasteiger partial charge in [-0.3, -0.25) is 9.59 Å². The molecule has 6 nitrogen and oxygen atoms in total. The third-order valence-electron chi connectivity index (χ3n) is 2.19. The molecule has 1 N–H and O–H groups in total. The van der Waals surface area contributed by atoms with Gasteiger partial charge < -0.3 is 10.1 Å². The number of hydrogen-bond donors (Lipinski definition) is 1. The number of carbonyl (C=O) groups is 2. The SMILES string of the molecule is CNC(=O)CCS(=O)(=O)C(C)CC(=O)OC. The van der Waals surface area contributed by atoms with Crippen LogP contribution in [-0.4, -0.2) is 45.5 Å². The Morgan fingerprint density at radius 2 is 1.94 bits per heavy atom. The summed E-state index contributed by atoms with van der Waals surface area (Å²) in [5, 5.41) is 1.50. The van der Waals surface area contributed by atoms with E-state index < -0.39 is 21.1 Å². The first-order valence-corrected chi connectivity index (χ1v) is 6.54. The highest BCUT2D eigenvalue weighted by Crippen LogP contribution is 2.08. The number of methoxy groups -OCH3 is 1. The predicted molar refractivity (Wildman–Crippen MR) is 58.6 cm³/mol. The fourth-order valence-corrected chi connectivity index (χ4v) is 2.27. The number of ether oxygens (including phenoxy) is 1. The Hall–Kier alpha value is -1.11. The van der Waals surface area contributed by atoms with Crippen LogP contribution in [0.5, 0.6) is 0 Å². The van der Waals surface area contributed by atoms with Gasteiger partial charge in [0.2, 0.25) is 5.91 Å². The van der Waals surface area contributed by atoms with Crippen LogP contribution in [0.1, 0.15) is 19.8 Å². The summed E-state index contributed by atoms with van der Waals surface area (Å²) in [4.78, 5) is 21.8. The average Bonchev–Trinajstić information content (AvgIpc) is 2.25. The number of hydrogen-bond acceptors (Lipinski definition) is 5. The lowest BCUT2D eigenvalue weighted by Crippen LogP contribution is -2.28. The predicted octanol–water partition coefficient (Wildman–Crippen LogP) is -0.511. The molecule has 94 valence electrons. The first-order chi connectivity index (χ1) is 7.33.